The lowest BCUT2D eigenvalue weighted by Crippen LogP contribution is -2.17. The highest BCUT2D eigenvalue weighted by molar-refractivity contribution is 9.10. The van der Waals surface area contributed by atoms with E-state index in [0.717, 1.165) is 65.5 Å². The van der Waals surface area contributed by atoms with Crippen LogP contribution < -0.4 is 10.6 Å². The van der Waals surface area contributed by atoms with E-state index in [1.165, 1.54) is 17.0 Å². The fourth-order valence-electron chi connectivity index (χ4n) is 2.89. The molecule has 0 bridgehead atoms. The number of aryl methyl sites for hydroxylation is 1. The van der Waals surface area contributed by atoms with Gasteiger partial charge in [-0.2, -0.15) is 0 Å². The van der Waals surface area contributed by atoms with Crippen LogP contribution in [-0.2, 0) is 13.0 Å². The molecule has 3 N–H and O–H groups in total. The van der Waals surface area contributed by atoms with E-state index in [1.54, 1.807) is 0 Å². The second-order valence-electron chi connectivity index (χ2n) is 6.43. The van der Waals surface area contributed by atoms with Crippen LogP contribution in [0.3, 0.4) is 0 Å². The van der Waals surface area contributed by atoms with Gasteiger partial charge >= 0.3 is 0 Å². The Morgan fingerprint density at radius 3 is 3.04 bits per heavy atom. The van der Waals surface area contributed by atoms with Gasteiger partial charge in [-0.1, -0.05) is 24.8 Å². The van der Waals surface area contributed by atoms with E-state index < -0.39 is 0 Å². The van der Waals surface area contributed by atoms with Gasteiger partial charge in [0, 0.05) is 28.1 Å². The Balaban J connectivity index is 1.41. The standard InChI is InChI=1S/C20H24BrFN4S/c1-13-17(27-19(14(2)22)18(13)21)12-23-10-7-11-24-20-25-15-8-5-3-4-6-9-16(15)26-20/h3-5,8,23H,2,6-7,9-12H2,1H3,(H2,24,25,26)/b4-3-,8-5-. The average Bonchev–Trinajstić information content (AvgIpc) is 3.12. The summed E-state index contributed by atoms with van der Waals surface area (Å²) in [5.41, 5.74) is 3.28. The quantitative estimate of drug-likeness (QED) is 0.459. The molecule has 0 aliphatic heterocycles. The van der Waals surface area contributed by atoms with Crippen molar-refractivity contribution in [1.29, 1.82) is 0 Å². The third-order valence-corrected chi connectivity index (χ3v) is 6.98. The number of imidazole rings is 1. The van der Waals surface area contributed by atoms with Gasteiger partial charge in [0.05, 0.1) is 10.6 Å². The van der Waals surface area contributed by atoms with Gasteiger partial charge in [0.25, 0.3) is 0 Å². The maximum Gasteiger partial charge on any atom is 0.200 e. The third-order valence-electron chi connectivity index (χ3n) is 4.40. The molecule has 0 radical (unpaired) electrons. The number of hydrogen-bond donors (Lipinski definition) is 3. The number of hydrogen-bond acceptors (Lipinski definition) is 4. The van der Waals surface area contributed by atoms with E-state index in [0.29, 0.717) is 4.88 Å². The molecule has 0 amide bonds. The van der Waals surface area contributed by atoms with Crippen molar-refractivity contribution in [2.24, 2.45) is 0 Å². The van der Waals surface area contributed by atoms with Crippen molar-refractivity contribution in [2.45, 2.75) is 32.7 Å². The zero-order chi connectivity index (χ0) is 19.2. The molecule has 0 saturated carbocycles. The van der Waals surface area contributed by atoms with Crippen molar-refractivity contribution in [3.05, 3.63) is 56.0 Å². The van der Waals surface area contributed by atoms with E-state index >= 15 is 0 Å². The first-order valence-corrected chi connectivity index (χ1v) is 10.7. The van der Waals surface area contributed by atoms with Crippen LogP contribution in [0.4, 0.5) is 10.3 Å². The van der Waals surface area contributed by atoms with Gasteiger partial charge in [-0.3, -0.25) is 0 Å². The molecular formula is C20H24BrFN4S. The molecule has 0 unspecified atom stereocenters. The summed E-state index contributed by atoms with van der Waals surface area (Å²) in [7, 11) is 0. The summed E-state index contributed by atoms with van der Waals surface area (Å²) in [4.78, 5) is 9.69. The average molecular weight is 451 g/mol. The fourth-order valence-corrected chi connectivity index (χ4v) is 4.74. The summed E-state index contributed by atoms with van der Waals surface area (Å²) in [6.07, 6.45) is 11.3. The van der Waals surface area contributed by atoms with Crippen molar-refractivity contribution in [1.82, 2.24) is 15.3 Å². The number of rotatable bonds is 8. The first-order chi connectivity index (χ1) is 13.1. The zero-order valence-electron chi connectivity index (χ0n) is 15.4. The van der Waals surface area contributed by atoms with Crippen LogP contribution >= 0.6 is 27.3 Å². The van der Waals surface area contributed by atoms with Gasteiger partial charge in [-0.15, -0.1) is 11.3 Å². The number of aromatic nitrogens is 2. The molecule has 1 aliphatic rings. The molecule has 0 saturated heterocycles. The molecule has 2 heterocycles. The molecule has 0 atom stereocenters. The number of fused-ring (bicyclic) bond motifs is 1. The lowest BCUT2D eigenvalue weighted by molar-refractivity contribution is 0.666. The molecule has 1 aliphatic carbocycles. The first-order valence-electron chi connectivity index (χ1n) is 9.05. The predicted molar refractivity (Wildman–Crippen MR) is 117 cm³/mol. The topological polar surface area (TPSA) is 52.7 Å². The summed E-state index contributed by atoms with van der Waals surface area (Å²) in [5.74, 6) is 0.444. The van der Waals surface area contributed by atoms with Crippen molar-refractivity contribution >= 4 is 45.1 Å². The summed E-state index contributed by atoms with van der Waals surface area (Å²) >= 11 is 4.90. The molecule has 0 spiro atoms. The smallest absolute Gasteiger partial charge is 0.200 e. The van der Waals surface area contributed by atoms with Gasteiger partial charge in [-0.05, 0) is 60.3 Å². The van der Waals surface area contributed by atoms with Gasteiger partial charge in [0.1, 0.15) is 5.83 Å². The Labute approximate surface area is 171 Å². The van der Waals surface area contributed by atoms with Gasteiger partial charge in [0.15, 0.2) is 0 Å². The summed E-state index contributed by atoms with van der Waals surface area (Å²) in [6.45, 7) is 7.83. The SMILES string of the molecule is C=C(F)c1sc(CNCCCNc2nc3c([nH]2)CC/C=C\C=C/3)c(C)c1Br. The van der Waals surface area contributed by atoms with Crippen molar-refractivity contribution in [3.63, 3.8) is 0 Å². The number of anilines is 1. The highest BCUT2D eigenvalue weighted by atomic mass is 79.9. The van der Waals surface area contributed by atoms with Crippen molar-refractivity contribution < 1.29 is 4.39 Å². The van der Waals surface area contributed by atoms with E-state index in [-0.39, 0.29) is 5.83 Å². The van der Waals surface area contributed by atoms with Gasteiger partial charge in [0.2, 0.25) is 5.95 Å². The largest absolute Gasteiger partial charge is 0.356 e. The number of nitrogens with zero attached hydrogens (tertiary/aromatic N) is 1. The van der Waals surface area contributed by atoms with E-state index in [4.69, 9.17) is 0 Å². The summed E-state index contributed by atoms with van der Waals surface area (Å²) in [6, 6.07) is 0. The minimum Gasteiger partial charge on any atom is -0.356 e. The highest BCUT2D eigenvalue weighted by Crippen LogP contribution is 2.37. The number of aromatic amines is 1. The lowest BCUT2D eigenvalue weighted by atomic mass is 10.1. The number of halogens is 2. The van der Waals surface area contributed by atoms with Crippen LogP contribution in [0.25, 0.3) is 11.9 Å². The Hall–Kier alpha value is -1.70. The van der Waals surface area contributed by atoms with Crippen LogP contribution in [0.1, 0.15) is 39.5 Å². The summed E-state index contributed by atoms with van der Waals surface area (Å²) in [5, 5.41) is 6.77. The van der Waals surface area contributed by atoms with Gasteiger partial charge in [-0.25, -0.2) is 9.37 Å². The van der Waals surface area contributed by atoms with E-state index in [1.807, 2.05) is 19.1 Å². The highest BCUT2D eigenvalue weighted by Gasteiger charge is 2.14. The zero-order valence-corrected chi connectivity index (χ0v) is 17.8. The lowest BCUT2D eigenvalue weighted by Gasteiger charge is -2.05. The molecule has 2 aromatic heterocycles. The Morgan fingerprint density at radius 1 is 1.41 bits per heavy atom. The predicted octanol–water partition coefficient (Wildman–Crippen LogP) is 5.59. The molecule has 4 nitrogen and oxygen atoms in total. The number of nitrogens with one attached hydrogen (secondary N) is 3. The van der Waals surface area contributed by atoms with E-state index in [9.17, 15) is 4.39 Å². The molecule has 144 valence electrons. The van der Waals surface area contributed by atoms with Crippen LogP contribution in [0, 0.1) is 6.92 Å². The number of H-pyrrole nitrogens is 1. The minimum atomic E-state index is -0.386. The maximum absolute atomic E-state index is 13.4. The maximum atomic E-state index is 13.4. The molecule has 0 aromatic carbocycles. The van der Waals surface area contributed by atoms with Crippen LogP contribution in [-0.4, -0.2) is 23.1 Å². The third kappa shape index (κ3) is 5.18. The minimum absolute atomic E-state index is 0.386. The molecule has 27 heavy (non-hydrogen) atoms. The molecule has 2 aromatic rings. The van der Waals surface area contributed by atoms with Crippen LogP contribution in [0.5, 0.6) is 0 Å². The molecular weight excluding hydrogens is 427 g/mol. The second kappa shape index (κ2) is 9.48. The monoisotopic (exact) mass is 450 g/mol. The molecule has 3 rings (SSSR count). The van der Waals surface area contributed by atoms with E-state index in [2.05, 4.69) is 55.3 Å². The fraction of sp³-hybridized carbons (Fsp3) is 0.350. The normalized spacial score (nSPS) is 15.7. The Kier molecular flexibility index (Phi) is 7.04. The number of allylic oxidation sites excluding steroid dienone is 3. The first kappa shape index (κ1) is 20.0. The number of thiophene rings is 1. The van der Waals surface area contributed by atoms with Crippen molar-refractivity contribution in [2.75, 3.05) is 18.4 Å². The molecule has 0 fully saturated rings. The van der Waals surface area contributed by atoms with Crippen LogP contribution in [0.2, 0.25) is 0 Å². The Bertz CT molecular complexity index is 866. The Morgan fingerprint density at radius 2 is 2.26 bits per heavy atom. The second-order valence-corrected chi connectivity index (χ2v) is 8.33. The summed E-state index contributed by atoms with van der Waals surface area (Å²) < 4.78 is 14.2. The molecule has 7 heteroatoms. The van der Waals surface area contributed by atoms with Crippen LogP contribution in [0.15, 0.2) is 29.3 Å². The van der Waals surface area contributed by atoms with Gasteiger partial charge < -0.3 is 15.6 Å². The van der Waals surface area contributed by atoms with Crippen molar-refractivity contribution in [3.8, 4) is 0 Å².